The summed E-state index contributed by atoms with van der Waals surface area (Å²) in [6.07, 6.45) is 4.67. The van der Waals surface area contributed by atoms with Crippen LogP contribution in [-0.4, -0.2) is 21.7 Å². The smallest absolute Gasteiger partial charge is 0.227 e. The van der Waals surface area contributed by atoms with Crippen LogP contribution in [0.15, 0.2) is 18.2 Å². The van der Waals surface area contributed by atoms with E-state index in [1.165, 1.54) is 0 Å². The summed E-state index contributed by atoms with van der Waals surface area (Å²) in [5, 5.41) is 22.5. The fourth-order valence-electron chi connectivity index (χ4n) is 2.62. The molecule has 0 saturated heterocycles. The lowest BCUT2D eigenvalue weighted by Crippen LogP contribution is -2.35. The molecule has 1 amide bonds. The summed E-state index contributed by atoms with van der Waals surface area (Å²) in [5.74, 6) is 0.0402. The molecule has 0 unspecified atom stereocenters. The number of amides is 1. The Kier molecular flexibility index (Phi) is 4.10. The molecular weight excluding hydrogens is 242 g/mol. The van der Waals surface area contributed by atoms with Crippen LogP contribution in [0.2, 0.25) is 0 Å². The van der Waals surface area contributed by atoms with Gasteiger partial charge in [0.25, 0.3) is 0 Å². The summed E-state index contributed by atoms with van der Waals surface area (Å²) in [5.41, 5.74) is 0.530. The first-order valence-electron chi connectivity index (χ1n) is 6.80. The maximum atomic E-state index is 11.9. The van der Waals surface area contributed by atoms with Crippen LogP contribution < -0.4 is 5.32 Å². The second-order valence-electron chi connectivity index (χ2n) is 5.51. The normalized spacial score (nSPS) is 18.0. The highest BCUT2D eigenvalue weighted by atomic mass is 16.3. The number of aryl methyl sites for hydroxylation is 1. The molecule has 0 radical (unpaired) electrons. The molecule has 4 nitrogen and oxygen atoms in total. The van der Waals surface area contributed by atoms with Crippen molar-refractivity contribution in [1.29, 1.82) is 0 Å². The number of anilines is 1. The Morgan fingerprint density at radius 2 is 2.00 bits per heavy atom. The van der Waals surface area contributed by atoms with Gasteiger partial charge in [-0.05, 0) is 43.5 Å². The van der Waals surface area contributed by atoms with Gasteiger partial charge in [-0.25, -0.2) is 0 Å². The highest BCUT2D eigenvalue weighted by Crippen LogP contribution is 2.31. The van der Waals surface area contributed by atoms with Crippen molar-refractivity contribution in [3.05, 3.63) is 23.8 Å². The van der Waals surface area contributed by atoms with Gasteiger partial charge in [-0.1, -0.05) is 19.3 Å². The Bertz CT molecular complexity index is 464. The summed E-state index contributed by atoms with van der Waals surface area (Å²) in [7, 11) is 0. The van der Waals surface area contributed by atoms with Gasteiger partial charge in [-0.3, -0.25) is 4.79 Å². The highest BCUT2D eigenvalue weighted by Gasteiger charge is 2.31. The molecule has 3 N–H and O–H groups in total. The van der Waals surface area contributed by atoms with E-state index in [4.69, 9.17) is 0 Å². The van der Waals surface area contributed by atoms with Gasteiger partial charge in [-0.2, -0.15) is 0 Å². The Hall–Kier alpha value is -1.55. The molecule has 0 atom stereocenters. The van der Waals surface area contributed by atoms with E-state index in [-0.39, 0.29) is 18.1 Å². The number of carbonyl (C=O) groups excluding carboxylic acids is 1. The molecule has 0 spiro atoms. The van der Waals surface area contributed by atoms with Gasteiger partial charge in [0, 0.05) is 5.69 Å². The van der Waals surface area contributed by atoms with Gasteiger partial charge >= 0.3 is 0 Å². The van der Waals surface area contributed by atoms with Gasteiger partial charge in [0.1, 0.15) is 5.75 Å². The largest absolute Gasteiger partial charge is 0.508 e. The van der Waals surface area contributed by atoms with Crippen molar-refractivity contribution >= 4 is 11.6 Å². The number of rotatable bonds is 3. The minimum atomic E-state index is -0.839. The Morgan fingerprint density at radius 1 is 1.32 bits per heavy atom. The second-order valence-corrected chi connectivity index (χ2v) is 5.51. The van der Waals surface area contributed by atoms with Crippen molar-refractivity contribution in [3.63, 3.8) is 0 Å². The molecule has 1 saturated carbocycles. The lowest BCUT2D eigenvalue weighted by molar-refractivity contribution is -0.122. The Morgan fingerprint density at radius 3 is 2.63 bits per heavy atom. The van der Waals surface area contributed by atoms with Gasteiger partial charge in [0.05, 0.1) is 12.0 Å². The van der Waals surface area contributed by atoms with Crippen LogP contribution in [0.4, 0.5) is 5.69 Å². The van der Waals surface area contributed by atoms with Crippen molar-refractivity contribution in [2.45, 2.75) is 51.0 Å². The fourth-order valence-corrected chi connectivity index (χ4v) is 2.62. The third kappa shape index (κ3) is 3.70. The first-order valence-corrected chi connectivity index (χ1v) is 6.80. The van der Waals surface area contributed by atoms with Gasteiger partial charge in [0.2, 0.25) is 5.91 Å². The third-order valence-corrected chi connectivity index (χ3v) is 3.75. The number of benzene rings is 1. The number of hydrogen-bond donors (Lipinski definition) is 3. The van der Waals surface area contributed by atoms with Crippen LogP contribution in [0.25, 0.3) is 0 Å². The van der Waals surface area contributed by atoms with Crippen molar-refractivity contribution in [2.24, 2.45) is 0 Å². The molecule has 0 heterocycles. The number of nitrogens with one attached hydrogen (secondary N) is 1. The molecule has 1 aliphatic rings. The topological polar surface area (TPSA) is 69.6 Å². The molecule has 1 fully saturated rings. The van der Waals surface area contributed by atoms with E-state index in [9.17, 15) is 15.0 Å². The first-order chi connectivity index (χ1) is 8.98. The van der Waals surface area contributed by atoms with E-state index in [0.717, 1.165) is 19.3 Å². The van der Waals surface area contributed by atoms with Gasteiger partial charge < -0.3 is 15.5 Å². The number of carbonyl (C=O) groups is 1. The average Bonchev–Trinajstić information content (AvgIpc) is 2.34. The SMILES string of the molecule is Cc1cc(NC(=O)CC2(O)CCCCC2)ccc1O. The zero-order valence-corrected chi connectivity index (χ0v) is 11.3. The number of aliphatic hydroxyl groups is 1. The standard InChI is InChI=1S/C15H21NO3/c1-11-9-12(5-6-13(11)17)16-14(18)10-15(19)7-3-2-4-8-15/h5-6,9,17,19H,2-4,7-8,10H2,1H3,(H,16,18). The molecule has 1 aromatic rings. The summed E-state index contributed by atoms with van der Waals surface area (Å²) in [6.45, 7) is 1.78. The lowest BCUT2D eigenvalue weighted by atomic mass is 9.82. The van der Waals surface area contributed by atoms with E-state index in [1.54, 1.807) is 25.1 Å². The molecule has 0 aromatic heterocycles. The molecule has 0 aliphatic heterocycles. The minimum absolute atomic E-state index is 0.146. The molecule has 0 bridgehead atoms. The van der Waals surface area contributed by atoms with E-state index in [0.29, 0.717) is 24.1 Å². The second kappa shape index (κ2) is 5.61. The number of hydrogen-bond acceptors (Lipinski definition) is 3. The average molecular weight is 263 g/mol. The maximum absolute atomic E-state index is 11.9. The number of phenolic OH excluding ortho intramolecular Hbond substituents is 1. The molecule has 4 heteroatoms. The zero-order chi connectivity index (χ0) is 13.9. The summed E-state index contributed by atoms with van der Waals surface area (Å²) < 4.78 is 0. The van der Waals surface area contributed by atoms with Gasteiger partial charge in [0.15, 0.2) is 0 Å². The number of phenols is 1. The van der Waals surface area contributed by atoms with E-state index in [2.05, 4.69) is 5.32 Å². The van der Waals surface area contributed by atoms with Crippen LogP contribution in [-0.2, 0) is 4.79 Å². The highest BCUT2D eigenvalue weighted by molar-refractivity contribution is 5.91. The maximum Gasteiger partial charge on any atom is 0.227 e. The van der Waals surface area contributed by atoms with E-state index < -0.39 is 5.60 Å². The summed E-state index contributed by atoms with van der Waals surface area (Å²) >= 11 is 0. The molecule has 1 aliphatic carbocycles. The monoisotopic (exact) mass is 263 g/mol. The lowest BCUT2D eigenvalue weighted by Gasteiger charge is -2.31. The van der Waals surface area contributed by atoms with Crippen molar-refractivity contribution in [3.8, 4) is 5.75 Å². The predicted molar refractivity (Wildman–Crippen MR) is 74.1 cm³/mol. The molecular formula is C15H21NO3. The number of aromatic hydroxyl groups is 1. The van der Waals surface area contributed by atoms with Crippen molar-refractivity contribution in [2.75, 3.05) is 5.32 Å². The van der Waals surface area contributed by atoms with E-state index in [1.807, 2.05) is 0 Å². The quantitative estimate of drug-likeness (QED) is 0.734. The Labute approximate surface area is 113 Å². The third-order valence-electron chi connectivity index (χ3n) is 3.75. The molecule has 19 heavy (non-hydrogen) atoms. The van der Waals surface area contributed by atoms with Crippen LogP contribution >= 0.6 is 0 Å². The summed E-state index contributed by atoms with van der Waals surface area (Å²) in [6, 6.07) is 4.93. The van der Waals surface area contributed by atoms with Crippen LogP contribution in [0.1, 0.15) is 44.1 Å². The van der Waals surface area contributed by atoms with Gasteiger partial charge in [-0.15, -0.1) is 0 Å². The first kappa shape index (κ1) is 13.9. The van der Waals surface area contributed by atoms with Crippen LogP contribution in [0, 0.1) is 6.92 Å². The zero-order valence-electron chi connectivity index (χ0n) is 11.3. The Balaban J connectivity index is 1.95. The van der Waals surface area contributed by atoms with Crippen molar-refractivity contribution < 1.29 is 15.0 Å². The fraction of sp³-hybridized carbons (Fsp3) is 0.533. The minimum Gasteiger partial charge on any atom is -0.508 e. The summed E-state index contributed by atoms with van der Waals surface area (Å²) in [4.78, 5) is 11.9. The molecule has 1 aromatic carbocycles. The van der Waals surface area contributed by atoms with Crippen LogP contribution in [0.5, 0.6) is 5.75 Å². The molecule has 104 valence electrons. The van der Waals surface area contributed by atoms with E-state index >= 15 is 0 Å². The predicted octanol–water partition coefficient (Wildman–Crippen LogP) is 2.72. The van der Waals surface area contributed by atoms with Crippen LogP contribution in [0.3, 0.4) is 0 Å². The van der Waals surface area contributed by atoms with Crippen molar-refractivity contribution in [1.82, 2.24) is 0 Å². The molecule has 2 rings (SSSR count).